The first-order valence-electron chi connectivity index (χ1n) is 9.23. The molecule has 0 saturated carbocycles. The van der Waals surface area contributed by atoms with Crippen LogP contribution in [0.1, 0.15) is 0 Å². The van der Waals surface area contributed by atoms with Crippen LogP contribution in [0.3, 0.4) is 0 Å². The molecule has 1 heterocycles. The van der Waals surface area contributed by atoms with Crippen LogP contribution in [0, 0.1) is 0 Å². The van der Waals surface area contributed by atoms with E-state index in [1.165, 1.54) is 0 Å². The van der Waals surface area contributed by atoms with Crippen LogP contribution in [0.4, 0.5) is 0 Å². The summed E-state index contributed by atoms with van der Waals surface area (Å²) in [4.78, 5) is 0. The Balaban J connectivity index is 3.16. The smallest absolute Gasteiger partial charge is 0.187 e. The fourth-order valence-corrected chi connectivity index (χ4v) is 6.44. The zero-order valence-electron chi connectivity index (χ0n) is 18.4. The number of rotatable bonds is 8. The lowest BCUT2D eigenvalue weighted by molar-refractivity contribution is -0.164. The molecule has 1 saturated heterocycles. The summed E-state index contributed by atoms with van der Waals surface area (Å²) in [7, 11) is -7.18. The Morgan fingerprint density at radius 2 is 0.680 bits per heavy atom. The molecule has 0 N–H and O–H groups in total. The predicted octanol–water partition coefficient (Wildman–Crippen LogP) is 4.81. The van der Waals surface area contributed by atoms with E-state index in [1.807, 2.05) is 0 Å². The van der Waals surface area contributed by atoms with Gasteiger partial charge < -0.3 is 22.4 Å². The zero-order chi connectivity index (χ0) is 19.8. The van der Waals surface area contributed by atoms with Crippen LogP contribution in [0.25, 0.3) is 0 Å². The van der Waals surface area contributed by atoms with Crippen molar-refractivity contribution in [3.05, 3.63) is 0 Å². The van der Waals surface area contributed by atoms with Crippen LogP contribution in [0.15, 0.2) is 0 Å². The SMILES string of the molecule is C[Si](C)(C)O[C@H]1O[C@@H](O[Si](C)(C)C)[C@H](O[Si](C)(C)C)[C@@H]1O[Si](C)(C)C. The summed E-state index contributed by atoms with van der Waals surface area (Å²) < 4.78 is 31.9. The van der Waals surface area contributed by atoms with Gasteiger partial charge >= 0.3 is 0 Å². The molecule has 0 unspecified atom stereocenters. The lowest BCUT2D eigenvalue weighted by atomic mass is 10.2. The molecule has 0 spiro atoms. The molecule has 5 nitrogen and oxygen atoms in total. The molecule has 1 aliphatic rings. The first-order valence-corrected chi connectivity index (χ1v) is 22.9. The highest BCUT2D eigenvalue weighted by atomic mass is 28.4. The average molecular weight is 425 g/mol. The van der Waals surface area contributed by atoms with Crippen LogP contribution in [-0.2, 0) is 22.4 Å². The summed E-state index contributed by atoms with van der Waals surface area (Å²) in [6, 6.07) is 0. The standard InChI is InChI=1S/C16H40O5Si4/c1-22(2,3)18-13-14(19-23(4,5)6)16(21-25(10,11)12)17-15(13)20-24(7,8)9/h13-16H,1-12H3/t13-,14+,15+,16-. The molecule has 0 bridgehead atoms. The second-order valence-electron chi connectivity index (χ2n) is 10.7. The Kier molecular flexibility index (Phi) is 7.55. The van der Waals surface area contributed by atoms with Crippen LogP contribution in [0.2, 0.25) is 78.6 Å². The summed E-state index contributed by atoms with van der Waals surface area (Å²) in [5.41, 5.74) is 0. The first-order chi connectivity index (χ1) is 10.9. The van der Waals surface area contributed by atoms with Crippen molar-refractivity contribution in [1.82, 2.24) is 0 Å². The molecule has 4 atom stereocenters. The largest absolute Gasteiger partial charge is 0.407 e. The quantitative estimate of drug-likeness (QED) is 0.523. The maximum Gasteiger partial charge on any atom is 0.187 e. The molecule has 0 aromatic carbocycles. The third kappa shape index (κ3) is 9.43. The van der Waals surface area contributed by atoms with Crippen molar-refractivity contribution >= 4 is 33.3 Å². The first kappa shape index (κ1) is 23.7. The Hall–Kier alpha value is 0.668. The van der Waals surface area contributed by atoms with E-state index < -0.39 is 45.8 Å². The monoisotopic (exact) mass is 424 g/mol. The van der Waals surface area contributed by atoms with Gasteiger partial charge in [0.05, 0.1) is 0 Å². The maximum absolute atomic E-state index is 6.50. The summed E-state index contributed by atoms with van der Waals surface area (Å²) in [6.07, 6.45) is -1.29. The number of hydrogen-bond donors (Lipinski definition) is 0. The summed E-state index contributed by atoms with van der Waals surface area (Å²) in [5.74, 6) is 0. The Labute approximate surface area is 159 Å². The van der Waals surface area contributed by atoms with Gasteiger partial charge in [0.2, 0.25) is 0 Å². The van der Waals surface area contributed by atoms with Gasteiger partial charge in [-0.05, 0) is 78.6 Å². The van der Waals surface area contributed by atoms with Crippen molar-refractivity contribution in [3.8, 4) is 0 Å². The molecule has 0 aromatic rings. The zero-order valence-corrected chi connectivity index (χ0v) is 22.4. The summed E-state index contributed by atoms with van der Waals surface area (Å²) in [5, 5.41) is 0. The minimum Gasteiger partial charge on any atom is -0.407 e. The number of ether oxygens (including phenoxy) is 1. The van der Waals surface area contributed by atoms with Gasteiger partial charge in [-0.25, -0.2) is 0 Å². The van der Waals surface area contributed by atoms with Crippen molar-refractivity contribution in [3.63, 3.8) is 0 Å². The van der Waals surface area contributed by atoms with E-state index in [1.54, 1.807) is 0 Å². The topological polar surface area (TPSA) is 46.2 Å². The Morgan fingerprint density at radius 1 is 0.440 bits per heavy atom. The lowest BCUT2D eigenvalue weighted by Crippen LogP contribution is -2.51. The van der Waals surface area contributed by atoms with Gasteiger partial charge in [-0.3, -0.25) is 0 Å². The molecule has 1 rings (SSSR count). The van der Waals surface area contributed by atoms with Gasteiger partial charge in [0.25, 0.3) is 0 Å². The van der Waals surface area contributed by atoms with Crippen molar-refractivity contribution in [2.75, 3.05) is 0 Å². The molecule has 0 aliphatic carbocycles. The van der Waals surface area contributed by atoms with E-state index in [0.29, 0.717) is 0 Å². The van der Waals surface area contributed by atoms with Gasteiger partial charge in [0.1, 0.15) is 12.2 Å². The van der Waals surface area contributed by atoms with E-state index in [4.69, 9.17) is 22.4 Å². The minimum absolute atomic E-state index is 0.230. The minimum atomic E-state index is -1.80. The molecule has 25 heavy (non-hydrogen) atoms. The lowest BCUT2D eigenvalue weighted by Gasteiger charge is -2.35. The van der Waals surface area contributed by atoms with E-state index in [-0.39, 0.29) is 12.2 Å². The highest BCUT2D eigenvalue weighted by Crippen LogP contribution is 2.35. The molecular weight excluding hydrogens is 385 g/mol. The predicted molar refractivity (Wildman–Crippen MR) is 114 cm³/mol. The molecule has 1 fully saturated rings. The summed E-state index contributed by atoms with van der Waals surface area (Å²) >= 11 is 0. The van der Waals surface area contributed by atoms with Crippen LogP contribution < -0.4 is 0 Å². The van der Waals surface area contributed by atoms with E-state index in [9.17, 15) is 0 Å². The fraction of sp³-hybridized carbons (Fsp3) is 1.00. The Bertz CT molecular complexity index is 394. The van der Waals surface area contributed by atoms with Gasteiger partial charge in [-0.15, -0.1) is 0 Å². The average Bonchev–Trinajstić information content (AvgIpc) is 2.49. The van der Waals surface area contributed by atoms with Crippen molar-refractivity contribution in [2.24, 2.45) is 0 Å². The van der Waals surface area contributed by atoms with Crippen molar-refractivity contribution in [2.45, 2.75) is 103 Å². The van der Waals surface area contributed by atoms with Crippen LogP contribution in [0.5, 0.6) is 0 Å². The maximum atomic E-state index is 6.50. The molecule has 0 radical (unpaired) electrons. The van der Waals surface area contributed by atoms with Crippen LogP contribution in [-0.4, -0.2) is 58.1 Å². The highest BCUT2D eigenvalue weighted by Gasteiger charge is 2.52. The van der Waals surface area contributed by atoms with Crippen molar-refractivity contribution in [1.29, 1.82) is 0 Å². The van der Waals surface area contributed by atoms with Gasteiger partial charge in [0.15, 0.2) is 45.8 Å². The molecular formula is C16H40O5Si4. The molecule has 1 aliphatic heterocycles. The summed E-state index contributed by atoms with van der Waals surface area (Å²) in [6.45, 7) is 26.2. The van der Waals surface area contributed by atoms with Gasteiger partial charge in [-0.2, -0.15) is 0 Å². The Morgan fingerprint density at radius 3 is 0.880 bits per heavy atom. The van der Waals surface area contributed by atoms with Crippen LogP contribution >= 0.6 is 0 Å². The van der Waals surface area contributed by atoms with E-state index in [0.717, 1.165) is 0 Å². The second-order valence-corrected chi connectivity index (χ2v) is 28.6. The van der Waals surface area contributed by atoms with E-state index >= 15 is 0 Å². The normalized spacial score (nSPS) is 29.3. The number of hydrogen-bond acceptors (Lipinski definition) is 5. The second kappa shape index (κ2) is 7.96. The molecule has 150 valence electrons. The third-order valence-electron chi connectivity index (χ3n) is 3.05. The molecule has 9 heteroatoms. The third-order valence-corrected chi connectivity index (χ3v) is 6.88. The molecule has 0 amide bonds. The molecule has 0 aromatic heterocycles. The van der Waals surface area contributed by atoms with Gasteiger partial charge in [0, 0.05) is 0 Å². The van der Waals surface area contributed by atoms with E-state index in [2.05, 4.69) is 78.6 Å². The highest BCUT2D eigenvalue weighted by molar-refractivity contribution is 6.71. The van der Waals surface area contributed by atoms with Crippen molar-refractivity contribution < 1.29 is 22.4 Å². The fourth-order valence-electron chi connectivity index (χ4n) is 2.55. The van der Waals surface area contributed by atoms with Gasteiger partial charge in [-0.1, -0.05) is 0 Å².